The van der Waals surface area contributed by atoms with E-state index in [1.165, 1.54) is 16.7 Å². The Kier molecular flexibility index (Phi) is 4.83. The van der Waals surface area contributed by atoms with Crippen LogP contribution in [-0.2, 0) is 11.2 Å². The summed E-state index contributed by atoms with van der Waals surface area (Å²) in [6.07, 6.45) is 0.308. The molecule has 1 aliphatic rings. The fraction of sp³-hybridized carbons (Fsp3) is 0.316. The number of benzene rings is 2. The van der Waals surface area contributed by atoms with Gasteiger partial charge < -0.3 is 10.6 Å². The quantitative estimate of drug-likeness (QED) is 0.696. The summed E-state index contributed by atoms with van der Waals surface area (Å²) in [6.45, 7) is 6.19. The van der Waals surface area contributed by atoms with Gasteiger partial charge in [-0.15, -0.1) is 0 Å². The maximum atomic E-state index is 12.4. The second-order valence-corrected chi connectivity index (χ2v) is 6.36. The highest BCUT2D eigenvalue weighted by Crippen LogP contribution is 2.18. The molecule has 1 amide bonds. The van der Waals surface area contributed by atoms with Gasteiger partial charge in [-0.2, -0.15) is 0 Å². The van der Waals surface area contributed by atoms with Crippen molar-refractivity contribution in [3.05, 3.63) is 64.7 Å². The summed E-state index contributed by atoms with van der Waals surface area (Å²) in [5, 5.41) is 6.28. The third-order valence-electron chi connectivity index (χ3n) is 4.47. The molecule has 4 N–H and O–H groups in total. The normalized spacial score (nSPS) is 20.5. The molecule has 1 saturated heterocycles. The van der Waals surface area contributed by atoms with Gasteiger partial charge in [-0.1, -0.05) is 42.0 Å². The van der Waals surface area contributed by atoms with Crippen LogP contribution in [0.3, 0.4) is 0 Å². The molecule has 0 spiro atoms. The highest BCUT2D eigenvalue weighted by atomic mass is 16.2. The van der Waals surface area contributed by atoms with Crippen molar-refractivity contribution in [2.24, 2.45) is 0 Å². The average molecular weight is 324 g/mol. The number of carbonyl (C=O) groups excluding carboxylic acids is 1. The van der Waals surface area contributed by atoms with Crippen molar-refractivity contribution < 1.29 is 4.79 Å². The van der Waals surface area contributed by atoms with Crippen molar-refractivity contribution in [3.8, 4) is 0 Å². The van der Waals surface area contributed by atoms with E-state index in [1.54, 1.807) is 0 Å². The van der Waals surface area contributed by atoms with Gasteiger partial charge in [0.15, 0.2) is 6.29 Å². The zero-order valence-electron chi connectivity index (χ0n) is 14.3. The van der Waals surface area contributed by atoms with Gasteiger partial charge in [0.1, 0.15) is 6.04 Å². The number of aryl methyl sites for hydroxylation is 2. The fourth-order valence-electron chi connectivity index (χ4n) is 2.77. The molecule has 0 saturated carbocycles. The lowest BCUT2D eigenvalue weighted by atomic mass is 10.0. The third kappa shape index (κ3) is 3.75. The average Bonchev–Trinajstić information content (AvgIpc) is 2.56. The molecule has 5 nitrogen and oxygen atoms in total. The van der Waals surface area contributed by atoms with Gasteiger partial charge in [-0.25, -0.2) is 10.9 Å². The van der Waals surface area contributed by atoms with Gasteiger partial charge in [0.25, 0.3) is 0 Å². The molecular weight excluding hydrogens is 300 g/mol. The van der Waals surface area contributed by atoms with Crippen LogP contribution in [0.1, 0.15) is 22.3 Å². The molecule has 2 aromatic carbocycles. The van der Waals surface area contributed by atoms with Crippen molar-refractivity contribution in [1.82, 2.24) is 16.2 Å². The fourth-order valence-corrected chi connectivity index (χ4v) is 2.77. The number of amides is 1. The van der Waals surface area contributed by atoms with E-state index in [-0.39, 0.29) is 18.2 Å². The molecule has 3 rings (SSSR count). The lowest BCUT2D eigenvalue weighted by molar-refractivity contribution is -0.126. The minimum atomic E-state index is -0.340. The molecule has 24 heavy (non-hydrogen) atoms. The Morgan fingerprint density at radius 2 is 1.75 bits per heavy atom. The van der Waals surface area contributed by atoms with Gasteiger partial charge in [0.05, 0.1) is 0 Å². The van der Waals surface area contributed by atoms with Crippen LogP contribution in [0.15, 0.2) is 42.5 Å². The number of rotatable bonds is 4. The Hall–Kier alpha value is -2.37. The van der Waals surface area contributed by atoms with Crippen molar-refractivity contribution in [2.45, 2.75) is 39.5 Å². The molecule has 5 heteroatoms. The minimum Gasteiger partial charge on any atom is -0.352 e. The van der Waals surface area contributed by atoms with E-state index in [2.05, 4.69) is 72.6 Å². The number of hydrazine groups is 1. The molecular formula is C19H24N4O. The van der Waals surface area contributed by atoms with Crippen LogP contribution in [0.2, 0.25) is 0 Å². The van der Waals surface area contributed by atoms with Crippen molar-refractivity contribution in [3.63, 3.8) is 0 Å². The smallest absolute Gasteiger partial charge is 0.241 e. The summed E-state index contributed by atoms with van der Waals surface area (Å²) in [4.78, 5) is 12.4. The summed E-state index contributed by atoms with van der Waals surface area (Å²) >= 11 is 0. The Morgan fingerprint density at radius 1 is 1.00 bits per heavy atom. The Labute approximate surface area is 142 Å². The second-order valence-electron chi connectivity index (χ2n) is 6.36. The van der Waals surface area contributed by atoms with Crippen LogP contribution < -0.4 is 21.5 Å². The molecule has 0 bridgehead atoms. The summed E-state index contributed by atoms with van der Waals surface area (Å²) in [7, 11) is 0. The number of anilines is 1. The summed E-state index contributed by atoms with van der Waals surface area (Å²) < 4.78 is 0. The van der Waals surface area contributed by atoms with Gasteiger partial charge in [-0.05, 0) is 49.9 Å². The molecule has 0 radical (unpaired) electrons. The van der Waals surface area contributed by atoms with Gasteiger partial charge in [0, 0.05) is 5.69 Å². The molecule has 0 aromatic heterocycles. The highest BCUT2D eigenvalue weighted by molar-refractivity contribution is 5.83. The number of hydrogen-bond acceptors (Lipinski definition) is 4. The minimum absolute atomic E-state index is 0.0165. The first-order chi connectivity index (χ1) is 11.5. The molecule has 1 heterocycles. The Bertz CT molecular complexity index is 727. The van der Waals surface area contributed by atoms with Gasteiger partial charge >= 0.3 is 0 Å². The lowest BCUT2D eigenvalue weighted by Crippen LogP contribution is -2.68. The van der Waals surface area contributed by atoms with E-state index < -0.39 is 0 Å². The zero-order valence-corrected chi connectivity index (χ0v) is 14.3. The summed E-state index contributed by atoms with van der Waals surface area (Å²) in [5.74, 6) is -0.0165. The van der Waals surface area contributed by atoms with Crippen LogP contribution in [-0.4, -0.2) is 18.2 Å². The molecule has 126 valence electrons. The SMILES string of the molecule is Cc1ccc(CC2NNC(Nc3cccc(C)c3C)NC2=O)cc1. The van der Waals surface area contributed by atoms with Crippen LogP contribution >= 0.6 is 0 Å². The summed E-state index contributed by atoms with van der Waals surface area (Å²) in [6, 6.07) is 14.0. The molecule has 1 fully saturated rings. The molecule has 1 aliphatic heterocycles. The van der Waals surface area contributed by atoms with Gasteiger partial charge in [0.2, 0.25) is 5.91 Å². The molecule has 0 aliphatic carbocycles. The standard InChI is InChI=1S/C19H24N4O/c1-12-7-9-15(10-8-12)11-17-18(24)21-19(23-22-17)20-16-6-4-5-13(2)14(16)3/h4-10,17,19-20,22-23H,11H2,1-3H3,(H,21,24). The van der Waals surface area contributed by atoms with Crippen molar-refractivity contribution in [2.75, 3.05) is 5.32 Å². The third-order valence-corrected chi connectivity index (χ3v) is 4.47. The zero-order chi connectivity index (χ0) is 17.1. The first-order valence-electron chi connectivity index (χ1n) is 8.22. The lowest BCUT2D eigenvalue weighted by Gasteiger charge is -2.32. The molecule has 2 unspecified atom stereocenters. The van der Waals surface area contributed by atoms with Crippen LogP contribution in [0.25, 0.3) is 0 Å². The maximum absolute atomic E-state index is 12.4. The number of nitrogens with one attached hydrogen (secondary N) is 4. The van der Waals surface area contributed by atoms with Crippen LogP contribution in [0.4, 0.5) is 5.69 Å². The number of hydrogen-bond donors (Lipinski definition) is 4. The van der Waals surface area contributed by atoms with E-state index in [1.807, 2.05) is 12.1 Å². The van der Waals surface area contributed by atoms with E-state index in [0.717, 1.165) is 11.3 Å². The molecule has 2 atom stereocenters. The maximum Gasteiger partial charge on any atom is 0.241 e. The van der Waals surface area contributed by atoms with Crippen molar-refractivity contribution >= 4 is 11.6 Å². The van der Waals surface area contributed by atoms with E-state index in [9.17, 15) is 4.79 Å². The Balaban J connectivity index is 1.60. The second kappa shape index (κ2) is 7.03. The summed E-state index contributed by atoms with van der Waals surface area (Å²) in [5.41, 5.74) is 12.0. The topological polar surface area (TPSA) is 65.2 Å². The first kappa shape index (κ1) is 16.5. The van der Waals surface area contributed by atoms with Crippen LogP contribution in [0.5, 0.6) is 0 Å². The van der Waals surface area contributed by atoms with Crippen molar-refractivity contribution in [1.29, 1.82) is 0 Å². The first-order valence-corrected chi connectivity index (χ1v) is 8.22. The van der Waals surface area contributed by atoms with E-state index >= 15 is 0 Å². The van der Waals surface area contributed by atoms with E-state index in [4.69, 9.17) is 0 Å². The Morgan fingerprint density at radius 3 is 2.46 bits per heavy atom. The van der Waals surface area contributed by atoms with Gasteiger partial charge in [-0.3, -0.25) is 4.79 Å². The monoisotopic (exact) mass is 324 g/mol. The number of carbonyl (C=O) groups is 1. The highest BCUT2D eigenvalue weighted by Gasteiger charge is 2.27. The molecule has 2 aromatic rings. The predicted octanol–water partition coefficient (Wildman–Crippen LogP) is 2.14. The largest absolute Gasteiger partial charge is 0.352 e. The predicted molar refractivity (Wildman–Crippen MR) is 96.4 cm³/mol. The van der Waals surface area contributed by atoms with E-state index in [0.29, 0.717) is 6.42 Å². The van der Waals surface area contributed by atoms with Crippen LogP contribution in [0, 0.1) is 20.8 Å².